The third-order valence-corrected chi connectivity index (χ3v) is 6.55. The molecule has 2 aromatic carbocycles. The van der Waals surface area contributed by atoms with Crippen molar-refractivity contribution in [1.82, 2.24) is 4.31 Å². The zero-order chi connectivity index (χ0) is 16.4. The topological polar surface area (TPSA) is 40.6 Å². The van der Waals surface area contributed by atoms with Crippen molar-refractivity contribution in [2.75, 3.05) is 31.1 Å². The molecule has 1 aliphatic rings. The number of para-hydroxylation sites is 1. The Morgan fingerprint density at radius 1 is 0.913 bits per heavy atom. The standard InChI is InChI=1S/C17H19ClN2O2S/c1-14-6-2-4-8-16(14)19-10-12-20(13-11-19)23(21,22)17-9-5-3-7-15(17)18/h2-9H,10-13H2,1H3. The highest BCUT2D eigenvalue weighted by molar-refractivity contribution is 7.89. The lowest BCUT2D eigenvalue weighted by atomic mass is 10.1. The van der Waals surface area contributed by atoms with Crippen LogP contribution in [0.15, 0.2) is 53.4 Å². The Hall–Kier alpha value is -1.56. The molecule has 0 unspecified atom stereocenters. The first-order valence-corrected chi connectivity index (χ1v) is 9.37. The molecule has 23 heavy (non-hydrogen) atoms. The maximum atomic E-state index is 12.7. The monoisotopic (exact) mass is 350 g/mol. The summed E-state index contributed by atoms with van der Waals surface area (Å²) in [7, 11) is -3.53. The van der Waals surface area contributed by atoms with Crippen LogP contribution in [0.5, 0.6) is 0 Å². The Balaban J connectivity index is 1.77. The van der Waals surface area contributed by atoms with Crippen LogP contribution in [0.3, 0.4) is 0 Å². The summed E-state index contributed by atoms with van der Waals surface area (Å²) in [5.74, 6) is 0. The van der Waals surface area contributed by atoms with Crippen LogP contribution in [-0.4, -0.2) is 38.9 Å². The number of halogens is 1. The van der Waals surface area contributed by atoms with Gasteiger partial charge in [-0.15, -0.1) is 0 Å². The van der Waals surface area contributed by atoms with Gasteiger partial charge in [-0.2, -0.15) is 4.31 Å². The summed E-state index contributed by atoms with van der Waals surface area (Å²) in [5.41, 5.74) is 2.37. The Kier molecular flexibility index (Phi) is 4.62. The number of anilines is 1. The molecule has 1 heterocycles. The van der Waals surface area contributed by atoms with E-state index in [0.29, 0.717) is 26.2 Å². The average molecular weight is 351 g/mol. The van der Waals surface area contributed by atoms with Crippen molar-refractivity contribution < 1.29 is 8.42 Å². The average Bonchev–Trinajstić information content (AvgIpc) is 2.56. The van der Waals surface area contributed by atoms with Gasteiger partial charge in [0.2, 0.25) is 10.0 Å². The fourth-order valence-electron chi connectivity index (χ4n) is 2.88. The van der Waals surface area contributed by atoms with Crippen molar-refractivity contribution in [3.05, 3.63) is 59.1 Å². The van der Waals surface area contributed by atoms with Crippen LogP contribution in [0.25, 0.3) is 0 Å². The molecule has 2 aromatic rings. The van der Waals surface area contributed by atoms with Crippen molar-refractivity contribution in [3.8, 4) is 0 Å². The van der Waals surface area contributed by atoms with Crippen molar-refractivity contribution in [2.24, 2.45) is 0 Å². The SMILES string of the molecule is Cc1ccccc1N1CCN(S(=O)(=O)c2ccccc2Cl)CC1. The minimum atomic E-state index is -3.53. The summed E-state index contributed by atoms with van der Waals surface area (Å²) >= 11 is 6.06. The molecule has 0 radical (unpaired) electrons. The second-order valence-corrected chi connectivity index (χ2v) is 7.92. The van der Waals surface area contributed by atoms with Gasteiger partial charge in [-0.3, -0.25) is 0 Å². The van der Waals surface area contributed by atoms with Gasteiger partial charge in [0.25, 0.3) is 0 Å². The first-order valence-electron chi connectivity index (χ1n) is 7.55. The molecule has 0 N–H and O–H groups in total. The van der Waals surface area contributed by atoms with Gasteiger partial charge in [0.15, 0.2) is 0 Å². The molecule has 0 spiro atoms. The second-order valence-electron chi connectivity index (χ2n) is 5.61. The Morgan fingerprint density at radius 3 is 2.17 bits per heavy atom. The zero-order valence-corrected chi connectivity index (χ0v) is 14.5. The molecule has 1 aliphatic heterocycles. The van der Waals surface area contributed by atoms with Crippen LogP contribution in [0.4, 0.5) is 5.69 Å². The third kappa shape index (κ3) is 3.22. The number of sulfonamides is 1. The number of hydrogen-bond acceptors (Lipinski definition) is 3. The number of nitrogens with zero attached hydrogens (tertiary/aromatic N) is 2. The van der Waals surface area contributed by atoms with Gasteiger partial charge in [0.05, 0.1) is 5.02 Å². The van der Waals surface area contributed by atoms with Gasteiger partial charge in [0, 0.05) is 31.9 Å². The molecule has 0 aliphatic carbocycles. The van der Waals surface area contributed by atoms with Gasteiger partial charge in [-0.1, -0.05) is 41.9 Å². The number of aryl methyl sites for hydroxylation is 1. The molecule has 0 aromatic heterocycles. The van der Waals surface area contributed by atoms with Crippen molar-refractivity contribution in [3.63, 3.8) is 0 Å². The summed E-state index contributed by atoms with van der Waals surface area (Å²) in [4.78, 5) is 2.42. The molecule has 0 saturated carbocycles. The normalized spacial score (nSPS) is 16.5. The molecule has 0 bridgehead atoms. The predicted molar refractivity (Wildman–Crippen MR) is 93.6 cm³/mol. The minimum Gasteiger partial charge on any atom is -0.369 e. The number of piperazine rings is 1. The smallest absolute Gasteiger partial charge is 0.244 e. The Labute approximate surface area is 142 Å². The van der Waals surface area contributed by atoms with Gasteiger partial charge in [-0.25, -0.2) is 8.42 Å². The number of rotatable bonds is 3. The van der Waals surface area contributed by atoms with E-state index in [2.05, 4.69) is 24.0 Å². The summed E-state index contributed by atoms with van der Waals surface area (Å²) < 4.78 is 27.0. The van der Waals surface area contributed by atoms with Crippen LogP contribution >= 0.6 is 11.6 Å². The van der Waals surface area contributed by atoms with E-state index in [-0.39, 0.29) is 9.92 Å². The van der Waals surface area contributed by atoms with E-state index >= 15 is 0 Å². The summed E-state index contributed by atoms with van der Waals surface area (Å²) in [5, 5.41) is 0.272. The van der Waals surface area contributed by atoms with Gasteiger partial charge >= 0.3 is 0 Å². The highest BCUT2D eigenvalue weighted by Crippen LogP contribution is 2.27. The molecule has 4 nitrogen and oxygen atoms in total. The van der Waals surface area contributed by atoms with E-state index < -0.39 is 10.0 Å². The third-order valence-electron chi connectivity index (χ3n) is 4.15. The van der Waals surface area contributed by atoms with E-state index in [9.17, 15) is 8.42 Å². The first kappa shape index (κ1) is 16.3. The lowest BCUT2D eigenvalue weighted by molar-refractivity contribution is 0.385. The van der Waals surface area contributed by atoms with Crippen LogP contribution in [0.2, 0.25) is 5.02 Å². The highest BCUT2D eigenvalue weighted by atomic mass is 35.5. The van der Waals surface area contributed by atoms with Gasteiger partial charge in [-0.05, 0) is 30.7 Å². The number of hydrogen-bond donors (Lipinski definition) is 0. The van der Waals surface area contributed by atoms with Crippen molar-refractivity contribution in [1.29, 1.82) is 0 Å². The molecule has 1 fully saturated rings. The lowest BCUT2D eigenvalue weighted by Gasteiger charge is -2.36. The van der Waals surface area contributed by atoms with E-state index in [4.69, 9.17) is 11.6 Å². The molecular formula is C17H19ClN2O2S. The predicted octanol–water partition coefficient (Wildman–Crippen LogP) is 3.16. The van der Waals surface area contributed by atoms with Crippen LogP contribution in [0, 0.1) is 6.92 Å². The second kappa shape index (κ2) is 6.51. The molecular weight excluding hydrogens is 332 g/mol. The molecule has 0 atom stereocenters. The maximum absolute atomic E-state index is 12.7. The Morgan fingerprint density at radius 2 is 1.52 bits per heavy atom. The molecule has 1 saturated heterocycles. The van der Waals surface area contributed by atoms with Crippen LogP contribution < -0.4 is 4.90 Å². The van der Waals surface area contributed by atoms with Gasteiger partial charge in [0.1, 0.15) is 4.90 Å². The molecule has 0 amide bonds. The quantitative estimate of drug-likeness (QED) is 0.853. The lowest BCUT2D eigenvalue weighted by Crippen LogP contribution is -2.48. The largest absolute Gasteiger partial charge is 0.369 e. The van der Waals surface area contributed by atoms with E-state index in [1.54, 1.807) is 24.3 Å². The molecule has 6 heteroatoms. The van der Waals surface area contributed by atoms with E-state index in [1.165, 1.54) is 15.6 Å². The van der Waals surface area contributed by atoms with Crippen LogP contribution in [-0.2, 0) is 10.0 Å². The molecule has 3 rings (SSSR count). The van der Waals surface area contributed by atoms with E-state index in [1.807, 2.05) is 12.1 Å². The fraction of sp³-hybridized carbons (Fsp3) is 0.294. The molecule has 122 valence electrons. The van der Waals surface area contributed by atoms with Crippen molar-refractivity contribution >= 4 is 27.3 Å². The summed E-state index contributed by atoms with van der Waals surface area (Å²) in [6.45, 7) is 4.34. The minimum absolute atomic E-state index is 0.186. The Bertz CT molecular complexity index is 800. The first-order chi connectivity index (χ1) is 11.0. The van der Waals surface area contributed by atoms with Crippen LogP contribution in [0.1, 0.15) is 5.56 Å². The fourth-order valence-corrected chi connectivity index (χ4v) is 4.80. The summed E-state index contributed by atoms with van der Waals surface area (Å²) in [6.07, 6.45) is 0. The number of benzene rings is 2. The maximum Gasteiger partial charge on any atom is 0.244 e. The van der Waals surface area contributed by atoms with Crippen molar-refractivity contribution in [2.45, 2.75) is 11.8 Å². The highest BCUT2D eigenvalue weighted by Gasteiger charge is 2.30. The zero-order valence-electron chi connectivity index (χ0n) is 12.9. The van der Waals surface area contributed by atoms with E-state index in [0.717, 1.165) is 0 Å². The van der Waals surface area contributed by atoms with Gasteiger partial charge < -0.3 is 4.90 Å². The summed E-state index contributed by atoms with van der Waals surface area (Å²) in [6, 6.07) is 14.8.